The molecule has 0 bridgehead atoms. The molecule has 1 unspecified atom stereocenters. The van der Waals surface area contributed by atoms with Crippen molar-refractivity contribution >= 4 is 28.7 Å². The second-order valence-electron chi connectivity index (χ2n) is 6.86. The van der Waals surface area contributed by atoms with Crippen molar-refractivity contribution in [2.45, 2.75) is 6.10 Å². The number of amides is 3. The lowest BCUT2D eigenvalue weighted by Gasteiger charge is -2.26. The number of hydrogen-bond donors (Lipinski definition) is 2. The highest BCUT2D eigenvalue weighted by Gasteiger charge is 2.21. The van der Waals surface area contributed by atoms with Crippen LogP contribution >= 0.6 is 0 Å². The molecule has 3 aromatic rings. The molecule has 4 rings (SSSR count). The fraction of sp³-hybridized carbons (Fsp3) is 0.174. The van der Waals surface area contributed by atoms with E-state index < -0.39 is 24.5 Å². The topological polar surface area (TPSA) is 103 Å². The Balaban J connectivity index is 1.22. The zero-order valence-electron chi connectivity index (χ0n) is 16.5. The molecule has 3 aromatic carbocycles. The van der Waals surface area contributed by atoms with Crippen molar-refractivity contribution in [3.8, 4) is 11.5 Å². The van der Waals surface area contributed by atoms with Gasteiger partial charge in [-0.2, -0.15) is 0 Å². The minimum Gasteiger partial charge on any atom is -0.486 e. The van der Waals surface area contributed by atoms with E-state index in [1.165, 1.54) is 0 Å². The molecule has 0 saturated carbocycles. The van der Waals surface area contributed by atoms with Crippen LogP contribution in [-0.4, -0.2) is 43.8 Å². The molecule has 1 aliphatic heterocycles. The number of esters is 1. The molecule has 0 spiro atoms. The Morgan fingerprint density at radius 2 is 1.68 bits per heavy atom. The lowest BCUT2D eigenvalue weighted by atomic mass is 10.1. The number of fused-ring (bicyclic) bond motifs is 2. The summed E-state index contributed by atoms with van der Waals surface area (Å²) in [5.41, 5.74) is 0.352. The van der Waals surface area contributed by atoms with Gasteiger partial charge in [0, 0.05) is 0 Å². The molecule has 1 heterocycles. The van der Waals surface area contributed by atoms with E-state index in [1.54, 1.807) is 30.3 Å². The number of benzene rings is 3. The van der Waals surface area contributed by atoms with Gasteiger partial charge in [0.1, 0.15) is 6.61 Å². The van der Waals surface area contributed by atoms with Crippen molar-refractivity contribution in [3.63, 3.8) is 0 Å². The Morgan fingerprint density at radius 1 is 0.935 bits per heavy atom. The van der Waals surface area contributed by atoms with Crippen LogP contribution in [0.3, 0.4) is 0 Å². The molecule has 0 aliphatic carbocycles. The second-order valence-corrected chi connectivity index (χ2v) is 6.86. The first-order valence-electron chi connectivity index (χ1n) is 9.71. The van der Waals surface area contributed by atoms with Crippen molar-refractivity contribution in [2.24, 2.45) is 0 Å². The van der Waals surface area contributed by atoms with Crippen LogP contribution in [0.1, 0.15) is 10.4 Å². The van der Waals surface area contributed by atoms with Gasteiger partial charge < -0.3 is 19.5 Å². The van der Waals surface area contributed by atoms with E-state index in [9.17, 15) is 14.4 Å². The molecule has 0 saturated heterocycles. The Morgan fingerprint density at radius 3 is 2.55 bits per heavy atom. The van der Waals surface area contributed by atoms with Crippen LogP contribution in [0, 0.1) is 0 Å². The van der Waals surface area contributed by atoms with E-state index in [1.807, 2.05) is 36.4 Å². The molecule has 31 heavy (non-hydrogen) atoms. The van der Waals surface area contributed by atoms with Crippen molar-refractivity contribution in [1.29, 1.82) is 0 Å². The number of carbonyl (C=O) groups excluding carboxylic acids is 3. The molecule has 158 valence electrons. The predicted molar refractivity (Wildman–Crippen MR) is 112 cm³/mol. The molecule has 0 aromatic heterocycles. The molecule has 2 N–H and O–H groups in total. The first-order valence-corrected chi connectivity index (χ1v) is 9.71. The van der Waals surface area contributed by atoms with Crippen LogP contribution in [0.5, 0.6) is 11.5 Å². The second kappa shape index (κ2) is 9.17. The maximum atomic E-state index is 12.3. The van der Waals surface area contributed by atoms with E-state index in [-0.39, 0.29) is 19.3 Å². The smallest absolute Gasteiger partial charge is 0.339 e. The molecule has 8 heteroatoms. The third-order valence-electron chi connectivity index (χ3n) is 4.65. The molecular formula is C23H20N2O6. The van der Waals surface area contributed by atoms with Gasteiger partial charge in [-0.1, -0.05) is 48.5 Å². The molecule has 3 amide bonds. The summed E-state index contributed by atoms with van der Waals surface area (Å²) < 4.78 is 16.4. The number of hydrogen-bond acceptors (Lipinski definition) is 6. The van der Waals surface area contributed by atoms with Crippen molar-refractivity contribution in [2.75, 3.05) is 19.8 Å². The Labute approximate surface area is 178 Å². The van der Waals surface area contributed by atoms with Crippen LogP contribution in [0.15, 0.2) is 66.7 Å². The number of carbonyl (C=O) groups is 3. The van der Waals surface area contributed by atoms with E-state index in [2.05, 4.69) is 10.6 Å². The van der Waals surface area contributed by atoms with Crippen molar-refractivity contribution in [1.82, 2.24) is 10.6 Å². The third kappa shape index (κ3) is 4.92. The summed E-state index contributed by atoms with van der Waals surface area (Å²) in [7, 11) is 0. The average molecular weight is 420 g/mol. The van der Waals surface area contributed by atoms with E-state index in [0.717, 1.165) is 10.8 Å². The fourth-order valence-electron chi connectivity index (χ4n) is 3.19. The van der Waals surface area contributed by atoms with E-state index in [0.29, 0.717) is 17.1 Å². The molecule has 1 aliphatic rings. The first kappa shape index (κ1) is 20.2. The van der Waals surface area contributed by atoms with Gasteiger partial charge in [-0.05, 0) is 29.0 Å². The SMILES string of the molecule is O=C(COC(=O)c1cccc2ccccc12)NC(=O)NCC1COc2ccccc2O1. The first-order chi connectivity index (χ1) is 15.1. The molecule has 0 radical (unpaired) electrons. The third-order valence-corrected chi connectivity index (χ3v) is 4.65. The van der Waals surface area contributed by atoms with Gasteiger partial charge in [0.2, 0.25) is 0 Å². The quantitative estimate of drug-likeness (QED) is 0.615. The summed E-state index contributed by atoms with van der Waals surface area (Å²) in [5.74, 6) is -0.139. The summed E-state index contributed by atoms with van der Waals surface area (Å²) in [6, 6.07) is 19.1. The lowest BCUT2D eigenvalue weighted by molar-refractivity contribution is -0.123. The Kier molecular flexibility index (Phi) is 5.98. The van der Waals surface area contributed by atoms with Gasteiger partial charge in [0.15, 0.2) is 24.2 Å². The Hall–Kier alpha value is -4.07. The van der Waals surface area contributed by atoms with Crippen molar-refractivity contribution < 1.29 is 28.6 Å². The number of para-hydroxylation sites is 2. The number of ether oxygens (including phenoxy) is 3. The summed E-state index contributed by atoms with van der Waals surface area (Å²) >= 11 is 0. The maximum absolute atomic E-state index is 12.3. The minimum absolute atomic E-state index is 0.142. The van der Waals surface area contributed by atoms with Crippen LogP contribution in [-0.2, 0) is 9.53 Å². The molecule has 8 nitrogen and oxygen atoms in total. The van der Waals surface area contributed by atoms with Gasteiger partial charge in [-0.15, -0.1) is 0 Å². The molecule has 0 fully saturated rings. The van der Waals surface area contributed by atoms with Crippen LogP contribution < -0.4 is 20.1 Å². The molecule has 1 atom stereocenters. The standard InChI is InChI=1S/C23H20N2O6/c26-21(14-30-22(27)18-9-5-7-15-6-1-2-8-17(15)18)25-23(28)24-12-16-13-29-19-10-3-4-11-20(19)31-16/h1-11,16H,12-14H2,(H2,24,25,26,28). The highest BCUT2D eigenvalue weighted by Crippen LogP contribution is 2.30. The van der Waals surface area contributed by atoms with Crippen LogP contribution in [0.2, 0.25) is 0 Å². The monoisotopic (exact) mass is 420 g/mol. The number of nitrogens with one attached hydrogen (secondary N) is 2. The van der Waals surface area contributed by atoms with Crippen LogP contribution in [0.4, 0.5) is 4.79 Å². The zero-order valence-corrected chi connectivity index (χ0v) is 16.5. The number of urea groups is 1. The normalized spacial score (nSPS) is 14.5. The minimum atomic E-state index is -0.739. The van der Waals surface area contributed by atoms with Gasteiger partial charge in [-0.25, -0.2) is 9.59 Å². The fourth-order valence-corrected chi connectivity index (χ4v) is 3.19. The van der Waals surface area contributed by atoms with E-state index in [4.69, 9.17) is 14.2 Å². The highest BCUT2D eigenvalue weighted by molar-refractivity contribution is 6.05. The summed E-state index contributed by atoms with van der Waals surface area (Å²) in [4.78, 5) is 36.3. The molecular weight excluding hydrogens is 400 g/mol. The number of imide groups is 1. The van der Waals surface area contributed by atoms with Crippen molar-refractivity contribution in [3.05, 3.63) is 72.3 Å². The summed E-state index contributed by atoms with van der Waals surface area (Å²) in [6.45, 7) is -0.164. The lowest BCUT2D eigenvalue weighted by Crippen LogP contribution is -2.46. The largest absolute Gasteiger partial charge is 0.486 e. The predicted octanol–water partition coefficient (Wildman–Crippen LogP) is 2.66. The Bertz CT molecular complexity index is 1120. The summed E-state index contributed by atoms with van der Waals surface area (Å²) in [6.07, 6.45) is -0.389. The van der Waals surface area contributed by atoms with E-state index >= 15 is 0 Å². The van der Waals surface area contributed by atoms with Gasteiger partial charge >= 0.3 is 12.0 Å². The van der Waals surface area contributed by atoms with Gasteiger partial charge in [-0.3, -0.25) is 10.1 Å². The zero-order chi connectivity index (χ0) is 21.6. The number of rotatable bonds is 5. The highest BCUT2D eigenvalue weighted by atomic mass is 16.6. The van der Waals surface area contributed by atoms with Gasteiger partial charge in [0.25, 0.3) is 5.91 Å². The maximum Gasteiger partial charge on any atom is 0.339 e. The summed E-state index contributed by atoms with van der Waals surface area (Å²) in [5, 5.41) is 6.27. The van der Waals surface area contributed by atoms with Gasteiger partial charge in [0.05, 0.1) is 12.1 Å². The van der Waals surface area contributed by atoms with Crippen LogP contribution in [0.25, 0.3) is 10.8 Å². The average Bonchev–Trinajstić information content (AvgIpc) is 2.80.